The molecule has 12 heavy (non-hydrogen) atoms. The van der Waals surface area contributed by atoms with E-state index in [0.717, 1.165) is 18.4 Å². The molecule has 0 unspecified atom stereocenters. The minimum absolute atomic E-state index is 0.0767. The molecule has 0 fully saturated rings. The van der Waals surface area contributed by atoms with Crippen LogP contribution in [0.5, 0.6) is 0 Å². The van der Waals surface area contributed by atoms with Gasteiger partial charge in [0.2, 0.25) is 0 Å². The highest BCUT2D eigenvalue weighted by atomic mass is 16.3. The summed E-state index contributed by atoms with van der Waals surface area (Å²) in [6.45, 7) is 0.563. The van der Waals surface area contributed by atoms with Crippen LogP contribution in [-0.4, -0.2) is 16.8 Å². The molecule has 0 spiro atoms. The highest BCUT2D eigenvalue weighted by Gasteiger charge is 2.03. The van der Waals surface area contributed by atoms with Gasteiger partial charge >= 0.3 is 0 Å². The molecule has 4 N–H and O–H groups in total. The van der Waals surface area contributed by atoms with Gasteiger partial charge in [-0.05, 0) is 31.5 Å². The molecule has 3 nitrogen and oxygen atoms in total. The van der Waals surface area contributed by atoms with E-state index < -0.39 is 0 Å². The van der Waals surface area contributed by atoms with Gasteiger partial charge in [-0.1, -0.05) is 11.6 Å². The number of allylic oxidation sites excluding steroid dienone is 3. The van der Waals surface area contributed by atoms with E-state index in [1.165, 1.54) is 6.08 Å². The van der Waals surface area contributed by atoms with Crippen LogP contribution in [0.1, 0.15) is 12.8 Å². The SMILES string of the molecule is NCCC1=CC(O)=C(O)C=CC1. The van der Waals surface area contributed by atoms with E-state index in [4.69, 9.17) is 10.8 Å². The molecule has 0 atom stereocenters. The third-order valence-electron chi connectivity index (χ3n) is 1.72. The third-order valence-corrected chi connectivity index (χ3v) is 1.72. The Morgan fingerprint density at radius 1 is 1.33 bits per heavy atom. The first kappa shape index (κ1) is 8.87. The van der Waals surface area contributed by atoms with Gasteiger partial charge in [0.15, 0.2) is 11.5 Å². The highest BCUT2D eigenvalue weighted by molar-refractivity contribution is 5.30. The molecule has 1 aliphatic carbocycles. The Kier molecular flexibility index (Phi) is 2.94. The van der Waals surface area contributed by atoms with Crippen molar-refractivity contribution in [3.63, 3.8) is 0 Å². The molecule has 0 aromatic heterocycles. The van der Waals surface area contributed by atoms with Crippen molar-refractivity contribution >= 4 is 0 Å². The average Bonchev–Trinajstić information content (AvgIpc) is 2.16. The Hall–Kier alpha value is -1.22. The van der Waals surface area contributed by atoms with Crippen LogP contribution in [0, 0.1) is 0 Å². The van der Waals surface area contributed by atoms with E-state index in [-0.39, 0.29) is 11.5 Å². The van der Waals surface area contributed by atoms with Crippen LogP contribution >= 0.6 is 0 Å². The van der Waals surface area contributed by atoms with Crippen molar-refractivity contribution in [3.8, 4) is 0 Å². The maximum absolute atomic E-state index is 9.22. The van der Waals surface area contributed by atoms with Crippen LogP contribution in [0.25, 0.3) is 0 Å². The van der Waals surface area contributed by atoms with E-state index in [2.05, 4.69) is 0 Å². The smallest absolute Gasteiger partial charge is 0.157 e. The fraction of sp³-hybridized carbons (Fsp3) is 0.333. The quantitative estimate of drug-likeness (QED) is 0.584. The van der Waals surface area contributed by atoms with Gasteiger partial charge in [0, 0.05) is 0 Å². The monoisotopic (exact) mass is 167 g/mol. The van der Waals surface area contributed by atoms with E-state index in [0.29, 0.717) is 6.54 Å². The Labute approximate surface area is 71.5 Å². The molecule has 0 saturated carbocycles. The molecular weight excluding hydrogens is 154 g/mol. The molecule has 0 heterocycles. The van der Waals surface area contributed by atoms with Crippen molar-refractivity contribution < 1.29 is 10.2 Å². The number of hydrogen-bond donors (Lipinski definition) is 3. The maximum atomic E-state index is 9.22. The zero-order valence-electron chi connectivity index (χ0n) is 6.83. The van der Waals surface area contributed by atoms with Crippen molar-refractivity contribution in [2.75, 3.05) is 6.54 Å². The summed E-state index contributed by atoms with van der Waals surface area (Å²) < 4.78 is 0. The van der Waals surface area contributed by atoms with E-state index in [9.17, 15) is 5.11 Å². The molecule has 0 aromatic carbocycles. The van der Waals surface area contributed by atoms with Gasteiger partial charge in [0.25, 0.3) is 0 Å². The summed E-state index contributed by atoms with van der Waals surface area (Å²) in [5, 5.41) is 18.3. The van der Waals surface area contributed by atoms with Gasteiger partial charge < -0.3 is 15.9 Å². The molecule has 0 bridgehead atoms. The second-order valence-electron chi connectivity index (χ2n) is 2.72. The van der Waals surface area contributed by atoms with Crippen LogP contribution in [0.3, 0.4) is 0 Å². The molecule has 1 rings (SSSR count). The summed E-state index contributed by atoms with van der Waals surface area (Å²) in [4.78, 5) is 0. The Balaban J connectivity index is 2.80. The van der Waals surface area contributed by atoms with Crippen molar-refractivity contribution in [2.45, 2.75) is 12.8 Å². The molecule has 0 radical (unpaired) electrons. The van der Waals surface area contributed by atoms with Crippen LogP contribution in [0.2, 0.25) is 0 Å². The first-order valence-corrected chi connectivity index (χ1v) is 3.92. The summed E-state index contributed by atoms with van der Waals surface area (Å²) in [6, 6.07) is 0. The fourth-order valence-electron chi connectivity index (χ4n) is 1.09. The number of aliphatic hydroxyl groups excluding tert-OH is 2. The number of nitrogens with two attached hydrogens (primary N) is 1. The van der Waals surface area contributed by atoms with Gasteiger partial charge in [-0.2, -0.15) is 0 Å². The lowest BCUT2D eigenvalue weighted by molar-refractivity contribution is 0.352. The first-order chi connectivity index (χ1) is 5.74. The molecular formula is C9H13NO2. The predicted octanol–water partition coefficient (Wildman–Crippen LogP) is 1.55. The molecule has 3 heteroatoms. The maximum Gasteiger partial charge on any atom is 0.157 e. The van der Waals surface area contributed by atoms with Crippen LogP contribution in [0.4, 0.5) is 0 Å². The second-order valence-corrected chi connectivity index (χ2v) is 2.72. The average molecular weight is 167 g/mol. The number of hydrogen-bond acceptors (Lipinski definition) is 3. The van der Waals surface area contributed by atoms with E-state index >= 15 is 0 Å². The van der Waals surface area contributed by atoms with Crippen LogP contribution < -0.4 is 5.73 Å². The Bertz CT molecular complexity index is 251. The minimum atomic E-state index is -0.0815. The van der Waals surface area contributed by atoms with Crippen LogP contribution in [-0.2, 0) is 0 Å². The topological polar surface area (TPSA) is 66.5 Å². The predicted molar refractivity (Wildman–Crippen MR) is 47.8 cm³/mol. The van der Waals surface area contributed by atoms with Gasteiger partial charge in [-0.25, -0.2) is 0 Å². The summed E-state index contributed by atoms with van der Waals surface area (Å²) in [6.07, 6.45) is 6.37. The van der Waals surface area contributed by atoms with Crippen molar-refractivity contribution in [2.24, 2.45) is 5.73 Å². The molecule has 0 saturated heterocycles. The molecule has 0 aromatic rings. The Morgan fingerprint density at radius 2 is 2.08 bits per heavy atom. The third kappa shape index (κ3) is 2.13. The zero-order chi connectivity index (χ0) is 8.97. The summed E-state index contributed by atoms with van der Waals surface area (Å²) in [5.74, 6) is -0.158. The number of rotatable bonds is 2. The normalized spacial score (nSPS) is 17.6. The first-order valence-electron chi connectivity index (χ1n) is 3.92. The van der Waals surface area contributed by atoms with Gasteiger partial charge in [0.1, 0.15) is 0 Å². The standard InChI is InChI=1S/C9H13NO2/c10-5-4-7-2-1-3-8(11)9(12)6-7/h1,3,6,11-12H,2,4-5,10H2. The lowest BCUT2D eigenvalue weighted by Gasteiger charge is -1.99. The summed E-state index contributed by atoms with van der Waals surface area (Å²) in [7, 11) is 0. The summed E-state index contributed by atoms with van der Waals surface area (Å²) in [5.41, 5.74) is 6.40. The summed E-state index contributed by atoms with van der Waals surface area (Å²) >= 11 is 0. The minimum Gasteiger partial charge on any atom is -0.504 e. The van der Waals surface area contributed by atoms with Gasteiger partial charge in [0.05, 0.1) is 0 Å². The number of aliphatic hydroxyl groups is 2. The van der Waals surface area contributed by atoms with Crippen molar-refractivity contribution in [3.05, 3.63) is 35.3 Å². The zero-order valence-corrected chi connectivity index (χ0v) is 6.83. The van der Waals surface area contributed by atoms with Crippen molar-refractivity contribution in [1.82, 2.24) is 0 Å². The highest BCUT2D eigenvalue weighted by Crippen LogP contribution is 2.16. The fourth-order valence-corrected chi connectivity index (χ4v) is 1.09. The molecule has 0 aliphatic heterocycles. The largest absolute Gasteiger partial charge is 0.504 e. The van der Waals surface area contributed by atoms with Crippen LogP contribution in [0.15, 0.2) is 35.3 Å². The lowest BCUT2D eigenvalue weighted by atomic mass is 10.1. The van der Waals surface area contributed by atoms with Gasteiger partial charge in [-0.3, -0.25) is 0 Å². The molecule has 66 valence electrons. The molecule has 1 aliphatic rings. The second kappa shape index (κ2) is 3.97. The lowest BCUT2D eigenvalue weighted by Crippen LogP contribution is -2.00. The van der Waals surface area contributed by atoms with Crippen molar-refractivity contribution in [1.29, 1.82) is 0 Å². The molecule has 0 amide bonds. The van der Waals surface area contributed by atoms with E-state index in [1.807, 2.05) is 0 Å². The van der Waals surface area contributed by atoms with Gasteiger partial charge in [-0.15, -0.1) is 0 Å². The van der Waals surface area contributed by atoms with E-state index in [1.54, 1.807) is 12.2 Å². The Morgan fingerprint density at radius 3 is 2.75 bits per heavy atom.